The summed E-state index contributed by atoms with van der Waals surface area (Å²) in [5.74, 6) is -1.49. The molecule has 0 unspecified atom stereocenters. The van der Waals surface area contributed by atoms with Crippen molar-refractivity contribution in [2.24, 2.45) is 5.92 Å². The number of nitrogens with two attached hydrogens (primary N) is 1. The number of H-pyrrole nitrogens is 1. The Morgan fingerprint density at radius 3 is 2.62 bits per heavy atom. The van der Waals surface area contributed by atoms with Crippen molar-refractivity contribution < 1.29 is 19.5 Å². The standard InChI is InChI=1S/C26H29N5O4S2/c27-21-17-3-1-2-4-18(17)30-22(21)24(33)31-19(25(34)35)13-29-23(32)20-12-15-11-16(36-26(15)37-20)6-5-14-7-9-28-10-8-14/h1-4,11-12,14,19,28,30H,5-10,13,27H2,(H,29,32)(H,31,33)(H,34,35)/t19-/m0/s1. The van der Waals surface area contributed by atoms with Gasteiger partial charge in [-0.3, -0.25) is 9.59 Å². The van der Waals surface area contributed by atoms with Crippen LogP contribution in [-0.2, 0) is 11.2 Å². The smallest absolute Gasteiger partial charge is 0.328 e. The number of fused-ring (bicyclic) bond motifs is 2. The van der Waals surface area contributed by atoms with Gasteiger partial charge in [-0.05, 0) is 62.9 Å². The number of nitrogens with one attached hydrogen (secondary N) is 4. The number of nitrogen functional groups attached to an aromatic ring is 1. The largest absolute Gasteiger partial charge is 0.480 e. The number of aryl methyl sites for hydroxylation is 1. The van der Waals surface area contributed by atoms with Crippen LogP contribution in [-0.4, -0.2) is 53.6 Å². The van der Waals surface area contributed by atoms with Crippen molar-refractivity contribution in [2.45, 2.75) is 31.7 Å². The molecule has 1 saturated heterocycles. The Bertz CT molecular complexity index is 1420. The normalized spacial score (nSPS) is 15.1. The van der Waals surface area contributed by atoms with Crippen molar-refractivity contribution in [1.29, 1.82) is 0 Å². The number of thiophene rings is 2. The number of benzene rings is 1. The van der Waals surface area contributed by atoms with E-state index in [-0.39, 0.29) is 23.8 Å². The average molecular weight is 540 g/mol. The number of para-hydroxylation sites is 1. The zero-order valence-electron chi connectivity index (χ0n) is 20.1. The van der Waals surface area contributed by atoms with Gasteiger partial charge in [0, 0.05) is 27.7 Å². The monoisotopic (exact) mass is 539 g/mol. The summed E-state index contributed by atoms with van der Waals surface area (Å²) in [7, 11) is 0. The number of carboxylic acid groups (broad SMARTS) is 1. The lowest BCUT2D eigenvalue weighted by atomic mass is 9.93. The predicted octanol–water partition coefficient (Wildman–Crippen LogP) is 3.57. The van der Waals surface area contributed by atoms with Crippen molar-refractivity contribution in [3.63, 3.8) is 0 Å². The number of hydrogen-bond donors (Lipinski definition) is 6. The first-order valence-electron chi connectivity index (χ1n) is 12.3. The molecule has 4 aromatic rings. The lowest BCUT2D eigenvalue weighted by Crippen LogP contribution is -2.48. The number of amides is 2. The van der Waals surface area contributed by atoms with E-state index in [4.69, 9.17) is 5.73 Å². The number of aromatic nitrogens is 1. The molecule has 11 heteroatoms. The van der Waals surface area contributed by atoms with Crippen LogP contribution in [0.1, 0.15) is 44.3 Å². The van der Waals surface area contributed by atoms with Crippen LogP contribution in [0, 0.1) is 5.92 Å². The van der Waals surface area contributed by atoms with Crippen LogP contribution in [0.25, 0.3) is 20.3 Å². The van der Waals surface area contributed by atoms with Crippen molar-refractivity contribution >= 4 is 66.4 Å². The maximum atomic E-state index is 12.7. The minimum absolute atomic E-state index is 0.0910. The topological polar surface area (TPSA) is 149 Å². The Morgan fingerprint density at radius 1 is 1.11 bits per heavy atom. The summed E-state index contributed by atoms with van der Waals surface area (Å²) in [6.07, 6.45) is 4.71. The molecular formula is C26H29N5O4S2. The molecular weight excluding hydrogens is 510 g/mol. The zero-order chi connectivity index (χ0) is 25.9. The molecule has 1 aliphatic rings. The second kappa shape index (κ2) is 10.9. The lowest BCUT2D eigenvalue weighted by molar-refractivity contribution is -0.139. The molecule has 37 heavy (non-hydrogen) atoms. The van der Waals surface area contributed by atoms with Crippen LogP contribution in [0.3, 0.4) is 0 Å². The number of carboxylic acids is 1. The molecule has 0 aliphatic carbocycles. The highest BCUT2D eigenvalue weighted by Crippen LogP contribution is 2.35. The molecule has 1 aromatic carbocycles. The van der Waals surface area contributed by atoms with Gasteiger partial charge in [-0.1, -0.05) is 18.2 Å². The molecule has 1 aliphatic heterocycles. The van der Waals surface area contributed by atoms with E-state index in [1.807, 2.05) is 6.07 Å². The fraction of sp³-hybridized carbons (Fsp3) is 0.346. The van der Waals surface area contributed by atoms with Gasteiger partial charge in [0.05, 0.1) is 14.6 Å². The van der Waals surface area contributed by atoms with E-state index >= 15 is 0 Å². The summed E-state index contributed by atoms with van der Waals surface area (Å²) in [5, 5.41) is 19.8. The average Bonchev–Trinajstić information content (AvgIpc) is 3.57. The van der Waals surface area contributed by atoms with E-state index in [9.17, 15) is 19.5 Å². The zero-order valence-corrected chi connectivity index (χ0v) is 21.8. The number of piperidine rings is 1. The third-order valence-corrected chi connectivity index (χ3v) is 9.24. The van der Waals surface area contributed by atoms with Crippen LogP contribution in [0.5, 0.6) is 0 Å². The first kappa shape index (κ1) is 25.2. The van der Waals surface area contributed by atoms with Gasteiger partial charge in [-0.2, -0.15) is 0 Å². The summed E-state index contributed by atoms with van der Waals surface area (Å²) in [6.45, 7) is 1.95. The lowest BCUT2D eigenvalue weighted by Gasteiger charge is -2.22. The Kier molecular flexibility index (Phi) is 7.45. The fourth-order valence-electron chi connectivity index (χ4n) is 4.70. The number of aromatic amines is 1. The molecule has 7 N–H and O–H groups in total. The highest BCUT2D eigenvalue weighted by molar-refractivity contribution is 7.39. The molecule has 4 heterocycles. The van der Waals surface area contributed by atoms with Gasteiger partial charge in [0.15, 0.2) is 0 Å². The number of anilines is 1. The van der Waals surface area contributed by atoms with Crippen molar-refractivity contribution in [1.82, 2.24) is 20.9 Å². The fourth-order valence-corrected chi connectivity index (χ4v) is 7.12. The molecule has 0 bridgehead atoms. The van der Waals surface area contributed by atoms with Crippen LogP contribution >= 0.6 is 22.7 Å². The Morgan fingerprint density at radius 2 is 1.89 bits per heavy atom. The Labute approximate surface area is 221 Å². The van der Waals surface area contributed by atoms with Gasteiger partial charge in [-0.25, -0.2) is 4.79 Å². The third kappa shape index (κ3) is 5.63. The quantitative estimate of drug-likeness (QED) is 0.191. The van der Waals surface area contributed by atoms with Gasteiger partial charge in [-0.15, -0.1) is 22.7 Å². The molecule has 1 fully saturated rings. The summed E-state index contributed by atoms with van der Waals surface area (Å²) in [5.41, 5.74) is 7.09. The second-order valence-corrected chi connectivity index (χ2v) is 11.8. The van der Waals surface area contributed by atoms with Crippen LogP contribution in [0.2, 0.25) is 0 Å². The van der Waals surface area contributed by atoms with Crippen LogP contribution in [0.4, 0.5) is 5.69 Å². The van der Waals surface area contributed by atoms with Gasteiger partial charge >= 0.3 is 5.97 Å². The van der Waals surface area contributed by atoms with Gasteiger partial charge in [0.2, 0.25) is 0 Å². The van der Waals surface area contributed by atoms with E-state index in [1.54, 1.807) is 35.6 Å². The maximum Gasteiger partial charge on any atom is 0.328 e. The first-order chi connectivity index (χ1) is 17.9. The molecule has 2 amide bonds. The highest BCUT2D eigenvalue weighted by atomic mass is 32.2. The molecule has 0 radical (unpaired) electrons. The Balaban J connectivity index is 1.18. The van der Waals surface area contributed by atoms with Crippen LogP contribution < -0.4 is 21.7 Å². The molecule has 0 saturated carbocycles. The predicted molar refractivity (Wildman–Crippen MR) is 148 cm³/mol. The summed E-state index contributed by atoms with van der Waals surface area (Å²) >= 11 is 3.12. The SMILES string of the molecule is Nc1c(C(=O)N[C@@H](CNC(=O)c2cc3cc(CCC4CCNCC4)sc3s2)C(=O)O)[nH]c2ccccc12. The Hall–Kier alpha value is -3.41. The number of carbonyl (C=O) groups is 3. The summed E-state index contributed by atoms with van der Waals surface area (Å²) < 4.78 is 1.09. The number of aliphatic carboxylic acids is 1. The van der Waals surface area contributed by atoms with E-state index < -0.39 is 17.9 Å². The maximum absolute atomic E-state index is 12.7. The van der Waals surface area contributed by atoms with E-state index in [0.717, 1.165) is 34.8 Å². The van der Waals surface area contributed by atoms with Crippen LogP contribution in [0.15, 0.2) is 36.4 Å². The van der Waals surface area contributed by atoms with Crippen molar-refractivity contribution in [3.8, 4) is 0 Å². The molecule has 5 rings (SSSR count). The van der Waals surface area contributed by atoms with Gasteiger partial charge < -0.3 is 31.8 Å². The summed E-state index contributed by atoms with van der Waals surface area (Å²) in [6, 6.07) is 9.84. The number of rotatable bonds is 9. The molecule has 3 aromatic heterocycles. The molecule has 0 spiro atoms. The van der Waals surface area contributed by atoms with Crippen molar-refractivity contribution in [3.05, 3.63) is 51.8 Å². The number of hydrogen-bond acceptors (Lipinski definition) is 7. The second-order valence-electron chi connectivity index (χ2n) is 9.33. The minimum Gasteiger partial charge on any atom is -0.480 e. The molecule has 9 nitrogen and oxygen atoms in total. The third-order valence-electron chi connectivity index (χ3n) is 6.79. The van der Waals surface area contributed by atoms with E-state index in [2.05, 4.69) is 27.0 Å². The molecule has 1 atom stereocenters. The van der Waals surface area contributed by atoms with E-state index in [1.165, 1.54) is 35.5 Å². The van der Waals surface area contributed by atoms with Gasteiger partial charge in [0.25, 0.3) is 11.8 Å². The number of carbonyl (C=O) groups excluding carboxylic acids is 2. The summed E-state index contributed by atoms with van der Waals surface area (Å²) in [4.78, 5) is 42.0. The molecule has 194 valence electrons. The van der Waals surface area contributed by atoms with Crippen molar-refractivity contribution in [2.75, 3.05) is 25.4 Å². The van der Waals surface area contributed by atoms with E-state index in [0.29, 0.717) is 15.8 Å². The highest BCUT2D eigenvalue weighted by Gasteiger charge is 2.25. The van der Waals surface area contributed by atoms with Gasteiger partial charge in [0.1, 0.15) is 11.7 Å². The first-order valence-corrected chi connectivity index (χ1v) is 13.9. The minimum atomic E-state index is -1.31.